The molecule has 0 bridgehead atoms. The zero-order chi connectivity index (χ0) is 23.4. The quantitative estimate of drug-likeness (QED) is 0.391. The van der Waals surface area contributed by atoms with Crippen LogP contribution < -0.4 is 19.1 Å². The molecule has 35 heavy (non-hydrogen) atoms. The Hall–Kier alpha value is -2.74. The van der Waals surface area contributed by atoms with E-state index in [2.05, 4.69) is 9.80 Å². The summed E-state index contributed by atoms with van der Waals surface area (Å²) in [6, 6.07) is 16.8. The van der Waals surface area contributed by atoms with Gasteiger partial charge >= 0.3 is 0 Å². The first-order chi connectivity index (χ1) is 16.0. The number of halogens is 4. The minimum absolute atomic E-state index is 0. The van der Waals surface area contributed by atoms with E-state index in [1.807, 2.05) is 12.1 Å². The summed E-state index contributed by atoms with van der Waals surface area (Å²) in [6.45, 7) is 3.03. The molecule has 3 aromatic carbocycles. The Morgan fingerprint density at radius 2 is 1.11 bits per heavy atom. The first-order valence-corrected chi connectivity index (χ1v) is 10.8. The molecule has 0 unspecified atom stereocenters. The maximum Gasteiger partial charge on any atom is 0.205 e. The Kier molecular flexibility index (Phi) is 10.4. The smallest absolute Gasteiger partial charge is 0.205 e. The summed E-state index contributed by atoms with van der Waals surface area (Å²) in [6.07, 6.45) is 0. The summed E-state index contributed by atoms with van der Waals surface area (Å²) in [4.78, 5) is 4.59. The van der Waals surface area contributed by atoms with E-state index >= 15 is 0 Å². The lowest BCUT2D eigenvalue weighted by Gasteiger charge is -2.41. The van der Waals surface area contributed by atoms with Crippen molar-refractivity contribution in [1.82, 2.24) is 4.90 Å². The molecule has 1 aliphatic rings. The zero-order valence-electron chi connectivity index (χ0n) is 19.9. The van der Waals surface area contributed by atoms with Crippen LogP contribution in [0, 0.1) is 11.6 Å². The number of hydrogen-bond acceptors (Lipinski definition) is 5. The van der Waals surface area contributed by atoms with E-state index in [-0.39, 0.29) is 42.5 Å². The monoisotopic (exact) mass is 526 g/mol. The predicted molar refractivity (Wildman–Crippen MR) is 139 cm³/mol. The molecule has 1 heterocycles. The van der Waals surface area contributed by atoms with Crippen LogP contribution in [0.2, 0.25) is 0 Å². The molecule has 0 amide bonds. The van der Waals surface area contributed by atoms with Gasteiger partial charge in [-0.15, -0.1) is 24.8 Å². The molecule has 3 aromatic rings. The Bertz CT molecular complexity index is 1030. The molecule has 0 radical (unpaired) electrons. The van der Waals surface area contributed by atoms with E-state index in [0.717, 1.165) is 43.0 Å². The number of methoxy groups -OCH3 is 3. The predicted octanol–water partition coefficient (Wildman–Crippen LogP) is 5.75. The van der Waals surface area contributed by atoms with Crippen molar-refractivity contribution in [2.75, 3.05) is 52.4 Å². The second-order valence-corrected chi connectivity index (χ2v) is 7.88. The summed E-state index contributed by atoms with van der Waals surface area (Å²) in [5.41, 5.74) is 2.88. The molecule has 9 heteroatoms. The Morgan fingerprint density at radius 1 is 0.629 bits per heavy atom. The summed E-state index contributed by atoms with van der Waals surface area (Å²) in [5, 5.41) is 0. The zero-order valence-corrected chi connectivity index (χ0v) is 21.5. The van der Waals surface area contributed by atoms with Gasteiger partial charge in [0.25, 0.3) is 0 Å². The average molecular weight is 527 g/mol. The van der Waals surface area contributed by atoms with E-state index < -0.39 is 0 Å². The largest absolute Gasteiger partial charge is 0.493 e. The molecule has 5 nitrogen and oxygen atoms in total. The van der Waals surface area contributed by atoms with Gasteiger partial charge in [0.05, 0.1) is 33.1 Å². The fourth-order valence-electron chi connectivity index (χ4n) is 4.46. The summed E-state index contributed by atoms with van der Waals surface area (Å²) in [5.74, 6) is 1.27. The van der Waals surface area contributed by atoms with Gasteiger partial charge in [-0.3, -0.25) is 4.90 Å². The van der Waals surface area contributed by atoms with Crippen molar-refractivity contribution in [3.63, 3.8) is 0 Å². The Labute approximate surface area is 217 Å². The molecule has 0 N–H and O–H groups in total. The summed E-state index contributed by atoms with van der Waals surface area (Å²) in [7, 11) is 4.81. The number of anilines is 1. The van der Waals surface area contributed by atoms with Gasteiger partial charge in [-0.2, -0.15) is 0 Å². The third kappa shape index (κ3) is 6.10. The Morgan fingerprint density at radius 3 is 1.54 bits per heavy atom. The van der Waals surface area contributed by atoms with Gasteiger partial charge < -0.3 is 19.1 Å². The standard InChI is InChI=1S/C26H28F2N2O3.2ClH/c1-31-23-13-12-22(25(32-2)26(23)33-3)29-14-16-30(17-15-29)24(18-4-8-20(27)9-5-18)19-6-10-21(28)11-7-19;;/h4-13,24H,14-17H2,1-3H3;2*1H. The minimum atomic E-state index is -0.276. The van der Waals surface area contributed by atoms with Crippen LogP contribution >= 0.6 is 24.8 Å². The van der Waals surface area contributed by atoms with Gasteiger partial charge in [0.15, 0.2) is 11.5 Å². The number of nitrogens with zero attached hydrogens (tertiary/aromatic N) is 2. The van der Waals surface area contributed by atoms with Gasteiger partial charge in [0.1, 0.15) is 11.6 Å². The van der Waals surface area contributed by atoms with Crippen molar-refractivity contribution in [3.05, 3.63) is 83.4 Å². The van der Waals surface area contributed by atoms with Crippen molar-refractivity contribution in [3.8, 4) is 17.2 Å². The maximum absolute atomic E-state index is 13.6. The van der Waals surface area contributed by atoms with Crippen LogP contribution in [0.25, 0.3) is 0 Å². The highest BCUT2D eigenvalue weighted by Gasteiger charge is 2.29. The lowest BCUT2D eigenvalue weighted by Crippen LogP contribution is -2.48. The lowest BCUT2D eigenvalue weighted by atomic mass is 9.96. The highest BCUT2D eigenvalue weighted by molar-refractivity contribution is 5.85. The van der Waals surface area contributed by atoms with Gasteiger partial charge in [0.2, 0.25) is 5.75 Å². The van der Waals surface area contributed by atoms with Crippen LogP contribution in [0.4, 0.5) is 14.5 Å². The topological polar surface area (TPSA) is 34.2 Å². The molecule has 0 spiro atoms. The molecule has 1 saturated heterocycles. The summed E-state index contributed by atoms with van der Waals surface area (Å²) >= 11 is 0. The van der Waals surface area contributed by atoms with E-state index in [9.17, 15) is 8.78 Å². The second kappa shape index (κ2) is 12.8. The average Bonchev–Trinajstić information content (AvgIpc) is 2.86. The van der Waals surface area contributed by atoms with Crippen LogP contribution in [0.1, 0.15) is 17.2 Å². The van der Waals surface area contributed by atoms with Crippen LogP contribution in [-0.2, 0) is 0 Å². The SMILES string of the molecule is COc1ccc(N2CCN(C(c3ccc(F)cc3)c3ccc(F)cc3)CC2)c(OC)c1OC.Cl.Cl. The van der Waals surface area contributed by atoms with Crippen molar-refractivity contribution < 1.29 is 23.0 Å². The highest BCUT2D eigenvalue weighted by Crippen LogP contribution is 2.44. The fraction of sp³-hybridized carbons (Fsp3) is 0.308. The van der Waals surface area contributed by atoms with Gasteiger partial charge in [-0.1, -0.05) is 24.3 Å². The normalized spacial score (nSPS) is 13.6. The highest BCUT2D eigenvalue weighted by atomic mass is 35.5. The maximum atomic E-state index is 13.6. The number of piperazine rings is 1. The molecule has 190 valence electrons. The van der Waals surface area contributed by atoms with Gasteiger partial charge in [-0.05, 0) is 47.5 Å². The van der Waals surface area contributed by atoms with Crippen LogP contribution in [0.3, 0.4) is 0 Å². The molecule has 1 aliphatic heterocycles. The summed E-state index contributed by atoms with van der Waals surface area (Å²) < 4.78 is 43.7. The van der Waals surface area contributed by atoms with Gasteiger partial charge in [-0.25, -0.2) is 8.78 Å². The molecule has 0 aliphatic carbocycles. The molecule has 0 saturated carbocycles. The lowest BCUT2D eigenvalue weighted by molar-refractivity contribution is 0.211. The Balaban J connectivity index is 0.00000216. The van der Waals surface area contributed by atoms with E-state index in [1.165, 1.54) is 24.3 Å². The first-order valence-electron chi connectivity index (χ1n) is 10.8. The minimum Gasteiger partial charge on any atom is -0.493 e. The molecular formula is C26H30Cl2F2N2O3. The first kappa shape index (κ1) is 28.5. The van der Waals surface area contributed by atoms with Crippen LogP contribution in [0.15, 0.2) is 60.7 Å². The second-order valence-electron chi connectivity index (χ2n) is 7.88. The van der Waals surface area contributed by atoms with Crippen molar-refractivity contribution in [1.29, 1.82) is 0 Å². The van der Waals surface area contributed by atoms with Crippen molar-refractivity contribution >= 4 is 30.5 Å². The van der Waals surface area contributed by atoms with Crippen LogP contribution in [-0.4, -0.2) is 52.4 Å². The van der Waals surface area contributed by atoms with E-state index in [1.54, 1.807) is 45.6 Å². The number of rotatable bonds is 7. The molecule has 0 atom stereocenters. The number of hydrogen-bond donors (Lipinski definition) is 0. The molecular weight excluding hydrogens is 497 g/mol. The fourth-order valence-corrected chi connectivity index (χ4v) is 4.46. The molecule has 4 rings (SSSR count). The van der Waals surface area contributed by atoms with E-state index in [0.29, 0.717) is 17.2 Å². The molecule has 0 aromatic heterocycles. The third-order valence-corrected chi connectivity index (χ3v) is 6.07. The number of benzene rings is 3. The van der Waals surface area contributed by atoms with E-state index in [4.69, 9.17) is 14.2 Å². The molecule has 1 fully saturated rings. The van der Waals surface area contributed by atoms with Gasteiger partial charge in [0, 0.05) is 26.2 Å². The van der Waals surface area contributed by atoms with Crippen molar-refractivity contribution in [2.45, 2.75) is 6.04 Å². The number of ether oxygens (including phenoxy) is 3. The third-order valence-electron chi connectivity index (χ3n) is 6.07. The van der Waals surface area contributed by atoms with Crippen molar-refractivity contribution in [2.24, 2.45) is 0 Å². The van der Waals surface area contributed by atoms with Crippen LogP contribution in [0.5, 0.6) is 17.2 Å².